The molecule has 0 fully saturated rings. The third kappa shape index (κ3) is 4.32. The lowest BCUT2D eigenvalue weighted by Gasteiger charge is -2.03. The second kappa shape index (κ2) is 8.33. The molecule has 0 aliphatic rings. The summed E-state index contributed by atoms with van der Waals surface area (Å²) in [6.45, 7) is 4.00. The smallest absolute Gasteiger partial charge is 0.120 e. The van der Waals surface area contributed by atoms with E-state index in [4.69, 9.17) is 15.7 Å². The number of aliphatic imine (C=N–C) groups is 1. The fraction of sp³-hybridized carbons (Fsp3) is 0.188. The van der Waals surface area contributed by atoms with Gasteiger partial charge >= 0.3 is 0 Å². The van der Waals surface area contributed by atoms with Crippen molar-refractivity contribution in [2.24, 2.45) is 4.99 Å². The zero-order valence-corrected chi connectivity index (χ0v) is 12.4. The van der Waals surface area contributed by atoms with E-state index in [1.165, 1.54) is 6.20 Å². The van der Waals surface area contributed by atoms with Crippen LogP contribution in [0.5, 0.6) is 5.75 Å². The van der Waals surface area contributed by atoms with Gasteiger partial charge in [-0.3, -0.25) is 9.98 Å². The van der Waals surface area contributed by atoms with Crippen molar-refractivity contribution >= 4 is 17.6 Å². The van der Waals surface area contributed by atoms with E-state index >= 15 is 0 Å². The van der Waals surface area contributed by atoms with Crippen LogP contribution in [0.3, 0.4) is 0 Å². The highest BCUT2D eigenvalue weighted by molar-refractivity contribution is 5.89. The zero-order chi connectivity index (χ0) is 15.7. The third-order valence-corrected chi connectivity index (χ3v) is 2.56. The molecule has 5 nitrogen and oxygen atoms in total. The molecule has 0 amide bonds. The molecule has 0 unspecified atom stereocenters. The number of nitrogen functional groups attached to an aromatic ring is 1. The van der Waals surface area contributed by atoms with Crippen LogP contribution in [0.25, 0.3) is 0 Å². The standard InChI is InChI=1S/C14H12N4O.C2H6/c1-19-12-3-2-10(13(16)6-12)9-18-14-4-5-17-8-11(14)7-15;1-2/h2-6,8-9H,16H2,1H3;1-2H3. The molecular weight excluding hydrogens is 264 g/mol. The number of pyridine rings is 1. The minimum Gasteiger partial charge on any atom is -0.497 e. The van der Waals surface area contributed by atoms with E-state index in [9.17, 15) is 0 Å². The number of nitriles is 1. The number of methoxy groups -OCH3 is 1. The summed E-state index contributed by atoms with van der Waals surface area (Å²) in [5.41, 5.74) is 8.20. The molecular formula is C16H18N4O. The van der Waals surface area contributed by atoms with Gasteiger partial charge in [0.2, 0.25) is 0 Å². The maximum atomic E-state index is 8.93. The van der Waals surface area contributed by atoms with Crippen molar-refractivity contribution in [3.63, 3.8) is 0 Å². The van der Waals surface area contributed by atoms with Crippen molar-refractivity contribution < 1.29 is 4.74 Å². The van der Waals surface area contributed by atoms with Crippen molar-refractivity contribution in [1.82, 2.24) is 4.98 Å². The number of benzene rings is 1. The van der Waals surface area contributed by atoms with E-state index in [1.807, 2.05) is 26.0 Å². The minimum absolute atomic E-state index is 0.422. The van der Waals surface area contributed by atoms with Gasteiger partial charge in [0.05, 0.1) is 18.4 Å². The second-order valence-corrected chi connectivity index (χ2v) is 3.76. The van der Waals surface area contributed by atoms with E-state index in [0.29, 0.717) is 22.7 Å². The van der Waals surface area contributed by atoms with Gasteiger partial charge in [0.15, 0.2) is 0 Å². The Morgan fingerprint density at radius 1 is 1.33 bits per heavy atom. The highest BCUT2D eigenvalue weighted by atomic mass is 16.5. The lowest BCUT2D eigenvalue weighted by Crippen LogP contribution is -1.94. The van der Waals surface area contributed by atoms with E-state index in [1.54, 1.807) is 37.7 Å². The van der Waals surface area contributed by atoms with Crippen LogP contribution in [0.1, 0.15) is 25.0 Å². The fourth-order valence-electron chi connectivity index (χ4n) is 1.52. The highest BCUT2D eigenvalue weighted by Gasteiger charge is 2.01. The van der Waals surface area contributed by atoms with E-state index in [2.05, 4.69) is 9.98 Å². The van der Waals surface area contributed by atoms with Crippen molar-refractivity contribution in [3.8, 4) is 11.8 Å². The molecule has 1 heterocycles. The van der Waals surface area contributed by atoms with Gasteiger partial charge in [-0.2, -0.15) is 5.26 Å². The normalized spacial score (nSPS) is 9.62. The van der Waals surface area contributed by atoms with Crippen LogP contribution >= 0.6 is 0 Å². The third-order valence-electron chi connectivity index (χ3n) is 2.56. The summed E-state index contributed by atoms with van der Waals surface area (Å²) in [6.07, 6.45) is 4.68. The maximum Gasteiger partial charge on any atom is 0.120 e. The van der Waals surface area contributed by atoms with Crippen molar-refractivity contribution in [2.45, 2.75) is 13.8 Å². The molecule has 0 spiro atoms. The van der Waals surface area contributed by atoms with Crippen LogP contribution < -0.4 is 10.5 Å². The molecule has 2 N–H and O–H groups in total. The number of anilines is 1. The summed E-state index contributed by atoms with van der Waals surface area (Å²) < 4.78 is 5.07. The Kier molecular flexibility index (Phi) is 6.42. The molecule has 2 rings (SSSR count). The van der Waals surface area contributed by atoms with Gasteiger partial charge in [-0.15, -0.1) is 0 Å². The SMILES string of the molecule is CC.COc1ccc(C=Nc2ccncc2C#N)c(N)c1. The topological polar surface area (TPSA) is 84.3 Å². The number of nitrogens with two attached hydrogens (primary N) is 1. The molecule has 0 saturated heterocycles. The fourth-order valence-corrected chi connectivity index (χ4v) is 1.52. The molecule has 5 heteroatoms. The molecule has 0 bridgehead atoms. The zero-order valence-electron chi connectivity index (χ0n) is 12.4. The molecule has 2 aromatic rings. The Hall–Kier alpha value is -2.87. The monoisotopic (exact) mass is 282 g/mol. The average Bonchev–Trinajstić information content (AvgIpc) is 2.55. The number of nitrogens with zero attached hydrogens (tertiary/aromatic N) is 3. The van der Waals surface area contributed by atoms with E-state index in [0.717, 1.165) is 5.56 Å². The van der Waals surface area contributed by atoms with E-state index < -0.39 is 0 Å². The predicted molar refractivity (Wildman–Crippen MR) is 85.0 cm³/mol. The molecule has 1 aromatic heterocycles. The van der Waals surface area contributed by atoms with Crippen molar-refractivity contribution in [2.75, 3.05) is 12.8 Å². The Morgan fingerprint density at radius 3 is 2.71 bits per heavy atom. The molecule has 0 atom stereocenters. The Balaban J connectivity index is 0.00000106. The molecule has 108 valence electrons. The molecule has 0 aliphatic heterocycles. The second-order valence-electron chi connectivity index (χ2n) is 3.76. The first kappa shape index (κ1) is 16.2. The lowest BCUT2D eigenvalue weighted by atomic mass is 10.2. The maximum absolute atomic E-state index is 8.93. The van der Waals surface area contributed by atoms with Gasteiger partial charge in [-0.05, 0) is 18.2 Å². The number of ether oxygens (including phenoxy) is 1. The first-order valence-corrected chi connectivity index (χ1v) is 6.56. The summed E-state index contributed by atoms with van der Waals surface area (Å²) in [4.78, 5) is 8.13. The average molecular weight is 282 g/mol. The number of rotatable bonds is 3. The van der Waals surface area contributed by atoms with Crippen LogP contribution in [-0.4, -0.2) is 18.3 Å². The van der Waals surface area contributed by atoms with Gasteiger partial charge in [-0.25, -0.2) is 0 Å². The largest absolute Gasteiger partial charge is 0.497 e. The van der Waals surface area contributed by atoms with Crippen LogP contribution in [0.15, 0.2) is 41.7 Å². The summed E-state index contributed by atoms with van der Waals surface area (Å²) in [5, 5.41) is 8.93. The minimum atomic E-state index is 0.422. The van der Waals surface area contributed by atoms with Crippen molar-refractivity contribution in [3.05, 3.63) is 47.8 Å². The van der Waals surface area contributed by atoms with Crippen LogP contribution in [0, 0.1) is 11.3 Å². The summed E-state index contributed by atoms with van der Waals surface area (Å²) >= 11 is 0. The van der Waals surface area contributed by atoms with Crippen LogP contribution in [0.2, 0.25) is 0 Å². The summed E-state index contributed by atoms with van der Waals surface area (Å²) in [5.74, 6) is 0.691. The number of hydrogen-bond donors (Lipinski definition) is 1. The Morgan fingerprint density at radius 2 is 2.10 bits per heavy atom. The highest BCUT2D eigenvalue weighted by Crippen LogP contribution is 2.20. The first-order chi connectivity index (χ1) is 10.2. The molecule has 1 aromatic carbocycles. The van der Waals surface area contributed by atoms with Gasteiger partial charge < -0.3 is 10.5 Å². The molecule has 0 aliphatic carbocycles. The van der Waals surface area contributed by atoms with Gasteiger partial charge in [-0.1, -0.05) is 13.8 Å². The summed E-state index contributed by atoms with van der Waals surface area (Å²) in [6, 6.07) is 9.05. The van der Waals surface area contributed by atoms with Crippen LogP contribution in [0.4, 0.5) is 11.4 Å². The quantitative estimate of drug-likeness (QED) is 0.691. The number of hydrogen-bond acceptors (Lipinski definition) is 5. The van der Waals surface area contributed by atoms with Crippen molar-refractivity contribution in [1.29, 1.82) is 5.26 Å². The molecule has 0 saturated carbocycles. The molecule has 21 heavy (non-hydrogen) atoms. The van der Waals surface area contributed by atoms with Crippen LogP contribution in [-0.2, 0) is 0 Å². The lowest BCUT2D eigenvalue weighted by molar-refractivity contribution is 0.415. The first-order valence-electron chi connectivity index (χ1n) is 6.56. The van der Waals surface area contributed by atoms with Gasteiger partial charge in [0.1, 0.15) is 11.8 Å². The molecule has 0 radical (unpaired) electrons. The van der Waals surface area contributed by atoms with E-state index in [-0.39, 0.29) is 0 Å². The number of aromatic nitrogens is 1. The predicted octanol–water partition coefficient (Wildman–Crippen LogP) is 3.32. The Bertz CT molecular complexity index is 660. The van der Waals surface area contributed by atoms with Gasteiger partial charge in [0, 0.05) is 35.9 Å². The Labute approximate surface area is 124 Å². The summed E-state index contributed by atoms with van der Waals surface area (Å²) in [7, 11) is 1.58. The van der Waals surface area contributed by atoms with Gasteiger partial charge in [0.25, 0.3) is 0 Å².